The predicted octanol–water partition coefficient (Wildman–Crippen LogP) is 13.3. The maximum absolute atomic E-state index is 2.55. The molecule has 0 saturated heterocycles. The highest BCUT2D eigenvalue weighted by molar-refractivity contribution is 5.91. The van der Waals surface area contributed by atoms with Gasteiger partial charge in [0.05, 0.1) is 0 Å². The summed E-state index contributed by atoms with van der Waals surface area (Å²) in [5.41, 5.74) is 16.2. The summed E-state index contributed by atoms with van der Waals surface area (Å²) in [6, 6.07) is 52.5. The summed E-state index contributed by atoms with van der Waals surface area (Å²) in [6.45, 7) is 9.69. The molecule has 3 aliphatic rings. The average Bonchev–Trinajstić information content (AvgIpc) is 3.52. The maximum Gasteiger partial charge on any atom is 0.0159 e. The predicted molar refractivity (Wildman–Crippen MR) is 213 cm³/mol. The highest BCUT2D eigenvalue weighted by Gasteiger charge is 2.45. The third-order valence-corrected chi connectivity index (χ3v) is 12.3. The van der Waals surface area contributed by atoms with Gasteiger partial charge >= 0.3 is 0 Å². The van der Waals surface area contributed by atoms with Crippen LogP contribution in [0.2, 0.25) is 0 Å². The van der Waals surface area contributed by atoms with E-state index in [9.17, 15) is 0 Å². The lowest BCUT2D eigenvalue weighted by atomic mass is 9.72. The summed E-state index contributed by atoms with van der Waals surface area (Å²) in [7, 11) is 0. The van der Waals surface area contributed by atoms with Crippen LogP contribution < -0.4 is 0 Å². The fraction of sp³-hybridized carbons (Fsp3) is 0.160. The summed E-state index contributed by atoms with van der Waals surface area (Å²) >= 11 is 0. The molecule has 0 aliphatic heterocycles. The second kappa shape index (κ2) is 10.5. The van der Waals surface area contributed by atoms with E-state index in [2.05, 4.69) is 185 Å². The van der Waals surface area contributed by atoms with E-state index in [1.54, 1.807) is 0 Å². The zero-order chi connectivity index (χ0) is 33.8. The monoisotopic (exact) mass is 640 g/mol. The first-order valence-corrected chi connectivity index (χ1v) is 18.1. The van der Waals surface area contributed by atoms with Gasteiger partial charge in [-0.05, 0) is 124 Å². The van der Waals surface area contributed by atoms with E-state index in [4.69, 9.17) is 0 Å². The maximum atomic E-state index is 2.55. The molecule has 0 aromatic heterocycles. The van der Waals surface area contributed by atoms with Gasteiger partial charge in [-0.15, -0.1) is 0 Å². The minimum Gasteiger partial charge on any atom is -0.0758 e. The van der Waals surface area contributed by atoms with Crippen LogP contribution in [-0.2, 0) is 10.8 Å². The van der Waals surface area contributed by atoms with Crippen LogP contribution in [0.4, 0.5) is 0 Å². The Morgan fingerprint density at radius 2 is 0.920 bits per heavy atom. The molecular formula is C50H40. The lowest BCUT2D eigenvalue weighted by molar-refractivity contribution is 0.395. The molecule has 0 heterocycles. The number of hydrogen-bond acceptors (Lipinski definition) is 0. The molecule has 0 heteroatoms. The molecule has 2 unspecified atom stereocenters. The smallest absolute Gasteiger partial charge is 0.0159 e. The van der Waals surface area contributed by atoms with E-state index in [0.717, 1.165) is 0 Å². The molecule has 0 fully saturated rings. The van der Waals surface area contributed by atoms with Gasteiger partial charge in [0, 0.05) is 11.3 Å². The van der Waals surface area contributed by atoms with Gasteiger partial charge in [-0.1, -0.05) is 161 Å². The number of rotatable bonds is 3. The van der Waals surface area contributed by atoms with Gasteiger partial charge in [0.1, 0.15) is 0 Å². The van der Waals surface area contributed by atoms with Gasteiger partial charge in [-0.25, -0.2) is 0 Å². The van der Waals surface area contributed by atoms with E-state index in [1.807, 2.05) is 0 Å². The van der Waals surface area contributed by atoms with Crippen LogP contribution in [0.5, 0.6) is 0 Å². The van der Waals surface area contributed by atoms with E-state index >= 15 is 0 Å². The van der Waals surface area contributed by atoms with E-state index in [-0.39, 0.29) is 10.8 Å². The second-order valence-corrected chi connectivity index (χ2v) is 15.8. The van der Waals surface area contributed by atoms with Crippen molar-refractivity contribution in [2.45, 2.75) is 44.4 Å². The van der Waals surface area contributed by atoms with Crippen LogP contribution in [0.3, 0.4) is 0 Å². The highest BCUT2D eigenvalue weighted by Crippen LogP contribution is 2.56. The Labute approximate surface area is 295 Å². The average molecular weight is 641 g/mol. The third kappa shape index (κ3) is 4.31. The van der Waals surface area contributed by atoms with Crippen molar-refractivity contribution >= 4 is 27.1 Å². The Balaban J connectivity index is 0.984. The normalized spacial score (nSPS) is 19.2. The molecule has 0 radical (unpaired) electrons. The third-order valence-electron chi connectivity index (χ3n) is 12.3. The Morgan fingerprint density at radius 3 is 1.54 bits per heavy atom. The van der Waals surface area contributed by atoms with Crippen LogP contribution in [0, 0.1) is 5.92 Å². The summed E-state index contributed by atoms with van der Waals surface area (Å²) in [6.07, 6.45) is 7.37. The molecule has 7 aromatic carbocycles. The van der Waals surface area contributed by atoms with E-state index in [0.29, 0.717) is 11.8 Å². The Bertz CT molecular complexity index is 2600. The number of hydrogen-bond donors (Lipinski definition) is 0. The van der Waals surface area contributed by atoms with Crippen LogP contribution in [0.1, 0.15) is 61.4 Å². The minimum absolute atomic E-state index is 0.0221. The fourth-order valence-electron chi connectivity index (χ4n) is 9.42. The van der Waals surface area contributed by atoms with Crippen LogP contribution in [-0.4, -0.2) is 0 Å². The molecule has 0 nitrogen and oxygen atoms in total. The lowest BCUT2D eigenvalue weighted by Gasteiger charge is -2.31. The minimum atomic E-state index is -0.0900. The largest absolute Gasteiger partial charge is 0.0758 e. The molecular weight excluding hydrogens is 601 g/mol. The molecule has 0 amide bonds. The molecule has 3 aliphatic carbocycles. The number of benzene rings is 7. The molecule has 0 bridgehead atoms. The zero-order valence-electron chi connectivity index (χ0n) is 29.2. The van der Waals surface area contributed by atoms with Gasteiger partial charge < -0.3 is 0 Å². The highest BCUT2D eigenvalue weighted by atomic mass is 14.5. The lowest BCUT2D eigenvalue weighted by Crippen LogP contribution is -2.25. The van der Waals surface area contributed by atoms with Crippen molar-refractivity contribution in [2.24, 2.45) is 5.92 Å². The van der Waals surface area contributed by atoms with Gasteiger partial charge in [0.15, 0.2) is 0 Å². The van der Waals surface area contributed by atoms with Crippen molar-refractivity contribution in [2.75, 3.05) is 0 Å². The first-order valence-electron chi connectivity index (χ1n) is 18.1. The number of allylic oxidation sites excluding steroid dienone is 4. The first-order chi connectivity index (χ1) is 24.3. The van der Waals surface area contributed by atoms with Crippen molar-refractivity contribution in [3.8, 4) is 33.4 Å². The standard InChI is InChI=1S/C50H40/c1-49(2)45-27-37(35-15-13-31-9-5-7-11-33(31)25-35)17-21-41(45)43-23-19-39(29-47(43)49)40-20-24-44-42-22-18-38(28-46(42)50(3,4)48(44)30-40)36-16-14-32-10-6-8-12-34(32)26-36/h5-30,41,45H,1-4H3. The summed E-state index contributed by atoms with van der Waals surface area (Å²) < 4.78 is 0. The fourth-order valence-corrected chi connectivity index (χ4v) is 9.42. The van der Waals surface area contributed by atoms with Gasteiger partial charge in [0.25, 0.3) is 0 Å². The molecule has 7 aromatic rings. The van der Waals surface area contributed by atoms with E-state index < -0.39 is 0 Å². The molecule has 10 rings (SSSR count). The molecule has 0 spiro atoms. The summed E-state index contributed by atoms with van der Waals surface area (Å²) in [5.74, 6) is 0.827. The SMILES string of the molecule is CC1(C)c2cc(-c3ccc4c(c3)C(C)(C)C3C=C(c5ccc6ccccc6c5)C=CC43)ccc2-c2ccc(-c3ccc4ccccc4c3)cc21. The summed E-state index contributed by atoms with van der Waals surface area (Å²) in [5, 5.41) is 5.16. The van der Waals surface area contributed by atoms with Crippen molar-refractivity contribution in [1.82, 2.24) is 0 Å². The molecule has 0 saturated carbocycles. The Kier molecular flexibility index (Phi) is 6.20. The van der Waals surface area contributed by atoms with Crippen molar-refractivity contribution in [3.05, 3.63) is 186 Å². The molecule has 2 atom stereocenters. The van der Waals surface area contributed by atoms with Crippen molar-refractivity contribution in [3.63, 3.8) is 0 Å². The quantitative estimate of drug-likeness (QED) is 0.180. The Morgan fingerprint density at radius 1 is 0.440 bits per heavy atom. The topological polar surface area (TPSA) is 0 Å². The number of fused-ring (bicyclic) bond motifs is 8. The zero-order valence-corrected chi connectivity index (χ0v) is 29.2. The van der Waals surface area contributed by atoms with Crippen LogP contribution >= 0.6 is 0 Å². The molecule has 50 heavy (non-hydrogen) atoms. The second-order valence-electron chi connectivity index (χ2n) is 15.8. The first kappa shape index (κ1) is 29.5. The summed E-state index contributed by atoms with van der Waals surface area (Å²) in [4.78, 5) is 0. The van der Waals surface area contributed by atoms with Crippen molar-refractivity contribution in [1.29, 1.82) is 0 Å². The van der Waals surface area contributed by atoms with Gasteiger partial charge in [0.2, 0.25) is 0 Å². The van der Waals surface area contributed by atoms with E-state index in [1.165, 1.54) is 88.3 Å². The molecule has 240 valence electrons. The molecule has 0 N–H and O–H groups in total. The van der Waals surface area contributed by atoms with Crippen molar-refractivity contribution < 1.29 is 0 Å². The van der Waals surface area contributed by atoms with Crippen LogP contribution in [0.25, 0.3) is 60.5 Å². The Hall–Kier alpha value is -5.46. The van der Waals surface area contributed by atoms with Gasteiger partial charge in [-0.3, -0.25) is 0 Å². The van der Waals surface area contributed by atoms with Crippen LogP contribution in [0.15, 0.2) is 158 Å². The van der Waals surface area contributed by atoms with Gasteiger partial charge in [-0.2, -0.15) is 0 Å².